The summed E-state index contributed by atoms with van der Waals surface area (Å²) in [7, 11) is 1.86. The third kappa shape index (κ3) is 6.04. The van der Waals surface area contributed by atoms with Crippen molar-refractivity contribution in [1.82, 2.24) is 19.6 Å². The number of hydrogen-bond donors (Lipinski definition) is 1. The van der Waals surface area contributed by atoms with E-state index in [1.54, 1.807) is 30.8 Å². The number of carbonyl (C=O) groups is 1. The van der Waals surface area contributed by atoms with Crippen molar-refractivity contribution in [3.63, 3.8) is 0 Å². The lowest BCUT2D eigenvalue weighted by Crippen LogP contribution is -2.41. The van der Waals surface area contributed by atoms with Gasteiger partial charge in [-0.2, -0.15) is 5.10 Å². The first-order chi connectivity index (χ1) is 19.1. The van der Waals surface area contributed by atoms with Gasteiger partial charge in [-0.15, -0.1) is 0 Å². The second-order valence-corrected chi connectivity index (χ2v) is 11.4. The van der Waals surface area contributed by atoms with Gasteiger partial charge in [0.15, 0.2) is 0 Å². The van der Waals surface area contributed by atoms with Crippen LogP contribution in [0.2, 0.25) is 0 Å². The van der Waals surface area contributed by atoms with Crippen LogP contribution in [0.1, 0.15) is 54.9 Å². The maximum Gasteiger partial charge on any atom is 0.255 e. The van der Waals surface area contributed by atoms with Crippen LogP contribution in [0.25, 0.3) is 22.0 Å². The summed E-state index contributed by atoms with van der Waals surface area (Å²) in [6, 6.07) is 7.88. The fourth-order valence-electron chi connectivity index (χ4n) is 6.02. The van der Waals surface area contributed by atoms with Crippen LogP contribution in [0.4, 0.5) is 13.2 Å². The quantitative estimate of drug-likeness (QED) is 0.431. The average Bonchev–Trinajstić information content (AvgIpc) is 3.54. The first-order valence-corrected chi connectivity index (χ1v) is 14.0. The van der Waals surface area contributed by atoms with Gasteiger partial charge in [-0.3, -0.25) is 9.48 Å². The molecule has 40 heavy (non-hydrogen) atoms. The van der Waals surface area contributed by atoms with Crippen molar-refractivity contribution in [3.05, 3.63) is 53.5 Å². The molecule has 2 aromatic carbocycles. The monoisotopic (exact) mass is 557 g/mol. The molecule has 1 amide bonds. The third-order valence-electron chi connectivity index (χ3n) is 8.22. The van der Waals surface area contributed by atoms with E-state index in [1.165, 1.54) is 6.07 Å². The Kier molecular flexibility index (Phi) is 8.49. The molecule has 10 heteroatoms. The molecule has 0 saturated carbocycles. The molecule has 2 fully saturated rings. The van der Waals surface area contributed by atoms with Gasteiger partial charge in [-0.25, -0.2) is 13.2 Å². The highest BCUT2D eigenvalue weighted by molar-refractivity contribution is 6.05. The van der Waals surface area contributed by atoms with Crippen molar-refractivity contribution in [2.24, 2.45) is 12.8 Å². The minimum atomic E-state index is -2.70. The number of alkyl halides is 2. The second-order valence-electron chi connectivity index (χ2n) is 11.4. The molecule has 2 aliphatic rings. The van der Waals surface area contributed by atoms with E-state index < -0.39 is 30.7 Å². The summed E-state index contributed by atoms with van der Waals surface area (Å²) in [5.74, 6) is -0.954. The van der Waals surface area contributed by atoms with Gasteiger partial charge in [0.2, 0.25) is 0 Å². The highest BCUT2D eigenvalue weighted by Crippen LogP contribution is 2.38. The van der Waals surface area contributed by atoms with E-state index in [-0.39, 0.29) is 23.6 Å². The summed E-state index contributed by atoms with van der Waals surface area (Å²) in [5, 5.41) is 5.27. The number of nitrogens with zero attached hydrogens (tertiary/aromatic N) is 4. The Hall–Kier alpha value is -2.95. The minimum Gasteiger partial charge on any atom is -0.375 e. The van der Waals surface area contributed by atoms with Crippen molar-refractivity contribution < 1.29 is 22.7 Å². The molecule has 3 heterocycles. The number of ether oxygens (including phenoxy) is 1. The predicted molar refractivity (Wildman–Crippen MR) is 149 cm³/mol. The van der Waals surface area contributed by atoms with E-state index in [2.05, 4.69) is 22.1 Å². The molecule has 3 aromatic rings. The Morgan fingerprint density at radius 3 is 2.67 bits per heavy atom. The Bertz CT molecular complexity index is 1350. The van der Waals surface area contributed by atoms with Crippen LogP contribution in [-0.4, -0.2) is 82.9 Å². The maximum absolute atomic E-state index is 14.5. The van der Waals surface area contributed by atoms with Crippen LogP contribution in [0.3, 0.4) is 0 Å². The molecule has 216 valence electrons. The van der Waals surface area contributed by atoms with Crippen molar-refractivity contribution in [2.75, 3.05) is 32.8 Å². The van der Waals surface area contributed by atoms with Gasteiger partial charge in [0.25, 0.3) is 12.3 Å². The number of benzene rings is 2. The lowest BCUT2D eigenvalue weighted by atomic mass is 9.90. The fourth-order valence-corrected chi connectivity index (χ4v) is 6.02. The van der Waals surface area contributed by atoms with Gasteiger partial charge in [-0.1, -0.05) is 6.07 Å². The maximum atomic E-state index is 14.5. The van der Waals surface area contributed by atoms with Gasteiger partial charge < -0.3 is 20.3 Å². The Morgan fingerprint density at radius 2 is 1.98 bits per heavy atom. The number of aromatic nitrogens is 2. The van der Waals surface area contributed by atoms with E-state index in [0.717, 1.165) is 71.9 Å². The number of amides is 1. The van der Waals surface area contributed by atoms with Crippen LogP contribution in [0.15, 0.2) is 36.5 Å². The van der Waals surface area contributed by atoms with E-state index in [0.29, 0.717) is 12.2 Å². The van der Waals surface area contributed by atoms with Crippen LogP contribution in [0.5, 0.6) is 0 Å². The van der Waals surface area contributed by atoms with Crippen molar-refractivity contribution in [3.8, 4) is 11.1 Å². The zero-order valence-electron chi connectivity index (χ0n) is 23.3. The van der Waals surface area contributed by atoms with Crippen LogP contribution in [-0.2, 0) is 11.8 Å². The molecule has 2 saturated heterocycles. The number of aryl methyl sites for hydroxylation is 1. The molecule has 3 atom stereocenters. The summed E-state index contributed by atoms with van der Waals surface area (Å²) < 4.78 is 48.9. The average molecular weight is 558 g/mol. The molecule has 2 aliphatic heterocycles. The number of halogens is 3. The standard InChI is InChI=1S/C30H38F3N5O2/c1-18(2)38(16-29(32)33)30(39)26-12-21(31)4-7-24(26)25-10-20(11-28-27(25)13-35-36(28)3)19-8-9-37(14-19)15-23-6-5-22(34)17-40-23/h4,7,10-13,18-19,22-23,29H,5-6,8-9,14-17,34H2,1-3H3/t19-,22+,23-/m0/s1. The predicted octanol–water partition coefficient (Wildman–Crippen LogP) is 4.79. The van der Waals surface area contributed by atoms with Crippen molar-refractivity contribution >= 4 is 16.8 Å². The third-order valence-corrected chi connectivity index (χ3v) is 8.22. The summed E-state index contributed by atoms with van der Waals surface area (Å²) in [5.41, 5.74) is 9.30. The lowest BCUT2D eigenvalue weighted by Gasteiger charge is -2.30. The minimum absolute atomic E-state index is 0.0670. The number of likely N-dealkylation sites (tertiary alicyclic amines) is 1. The topological polar surface area (TPSA) is 76.6 Å². The zero-order chi connectivity index (χ0) is 28.6. The van der Waals surface area contributed by atoms with Gasteiger partial charge in [-0.05, 0) is 86.5 Å². The van der Waals surface area contributed by atoms with Gasteiger partial charge in [0.05, 0.1) is 36.5 Å². The molecule has 2 N–H and O–H groups in total. The van der Waals surface area contributed by atoms with E-state index in [4.69, 9.17) is 10.5 Å². The highest BCUT2D eigenvalue weighted by Gasteiger charge is 2.30. The SMILES string of the molecule is CC(C)N(CC(F)F)C(=O)c1cc(F)ccc1-c1cc([C@H]2CCN(C[C@@H]3CC[C@@H](N)CO3)C2)cc2c1cnn2C. The molecule has 0 radical (unpaired) electrons. The number of carbonyl (C=O) groups excluding carboxylic acids is 1. The summed E-state index contributed by atoms with van der Waals surface area (Å²) >= 11 is 0. The van der Waals surface area contributed by atoms with Crippen LogP contribution >= 0.6 is 0 Å². The normalized spacial score (nSPS) is 22.1. The molecule has 0 bridgehead atoms. The van der Waals surface area contributed by atoms with E-state index >= 15 is 0 Å². The van der Waals surface area contributed by atoms with Gasteiger partial charge >= 0.3 is 0 Å². The van der Waals surface area contributed by atoms with Crippen LogP contribution in [0, 0.1) is 5.82 Å². The molecule has 7 nitrogen and oxygen atoms in total. The number of rotatable bonds is 8. The summed E-state index contributed by atoms with van der Waals surface area (Å²) in [6.07, 6.45) is 2.15. The first kappa shape index (κ1) is 28.6. The molecule has 1 aromatic heterocycles. The van der Waals surface area contributed by atoms with E-state index in [9.17, 15) is 18.0 Å². The Labute approximate surface area is 233 Å². The molecule has 0 spiro atoms. The van der Waals surface area contributed by atoms with Gasteiger partial charge in [0.1, 0.15) is 5.82 Å². The number of fused-ring (bicyclic) bond motifs is 1. The highest BCUT2D eigenvalue weighted by atomic mass is 19.3. The second kappa shape index (κ2) is 11.9. The van der Waals surface area contributed by atoms with Crippen molar-refractivity contribution in [2.45, 2.75) is 63.6 Å². The smallest absolute Gasteiger partial charge is 0.255 e. The Balaban J connectivity index is 1.49. The largest absolute Gasteiger partial charge is 0.375 e. The number of nitrogens with two attached hydrogens (primary N) is 1. The lowest BCUT2D eigenvalue weighted by molar-refractivity contribution is -0.0112. The van der Waals surface area contributed by atoms with E-state index in [1.807, 2.05) is 7.05 Å². The first-order valence-electron chi connectivity index (χ1n) is 14.0. The number of hydrogen-bond acceptors (Lipinski definition) is 5. The molecular weight excluding hydrogens is 519 g/mol. The summed E-state index contributed by atoms with van der Waals surface area (Å²) in [6.45, 7) is 5.94. The molecular formula is C30H38F3N5O2. The molecule has 0 unspecified atom stereocenters. The molecule has 0 aliphatic carbocycles. The van der Waals surface area contributed by atoms with Gasteiger partial charge in [0, 0.05) is 37.6 Å². The van der Waals surface area contributed by atoms with Crippen molar-refractivity contribution in [1.29, 1.82) is 0 Å². The molecule has 5 rings (SSSR count). The summed E-state index contributed by atoms with van der Waals surface area (Å²) in [4.78, 5) is 17.1. The van der Waals surface area contributed by atoms with Crippen LogP contribution < -0.4 is 5.73 Å². The fraction of sp³-hybridized carbons (Fsp3) is 0.533. The zero-order valence-corrected chi connectivity index (χ0v) is 23.3. The Morgan fingerprint density at radius 1 is 1.18 bits per heavy atom.